The molecule has 1 aromatic heterocycles. The molecule has 0 bridgehead atoms. The van der Waals surface area contributed by atoms with E-state index in [0.717, 1.165) is 15.6 Å². The number of nitrogens with zero attached hydrogens (tertiary/aromatic N) is 1. The maximum Gasteiger partial charge on any atom is 0.311 e. The van der Waals surface area contributed by atoms with Gasteiger partial charge in [0.1, 0.15) is 5.01 Å². The molecule has 1 aromatic rings. The lowest BCUT2D eigenvalue weighted by atomic mass is 10.3. The summed E-state index contributed by atoms with van der Waals surface area (Å²) in [6.45, 7) is 5.98. The second kappa shape index (κ2) is 5.23. The zero-order valence-electron chi connectivity index (χ0n) is 9.24. The topological polar surface area (TPSA) is 65.2 Å². The molecule has 0 fully saturated rings. The Morgan fingerprint density at radius 1 is 1.60 bits per heavy atom. The summed E-state index contributed by atoms with van der Waals surface area (Å²) in [6.07, 6.45) is 0.224. The summed E-state index contributed by atoms with van der Waals surface area (Å²) < 4.78 is 5.06. The number of carbonyl (C=O) groups is 1. The Balaban J connectivity index is 2.63. The van der Waals surface area contributed by atoms with E-state index >= 15 is 0 Å². The van der Waals surface area contributed by atoms with Crippen molar-refractivity contribution in [2.24, 2.45) is 5.73 Å². The van der Waals surface area contributed by atoms with E-state index in [1.165, 1.54) is 11.3 Å². The minimum Gasteiger partial charge on any atom is -0.463 e. The summed E-state index contributed by atoms with van der Waals surface area (Å²) >= 11 is 1.48. The van der Waals surface area contributed by atoms with Gasteiger partial charge in [0, 0.05) is 11.4 Å². The van der Waals surface area contributed by atoms with Crippen LogP contribution in [0.1, 0.15) is 29.4 Å². The van der Waals surface area contributed by atoms with Crippen LogP contribution in [0.25, 0.3) is 0 Å². The van der Waals surface area contributed by atoms with Gasteiger partial charge in [0.05, 0.1) is 18.2 Å². The summed E-state index contributed by atoms with van der Waals surface area (Å²) in [4.78, 5) is 16.6. The fraction of sp³-hybridized carbons (Fsp3) is 0.600. The summed E-state index contributed by atoms with van der Waals surface area (Å²) in [7, 11) is 0. The van der Waals surface area contributed by atoms with Crippen LogP contribution in [0.4, 0.5) is 0 Å². The first-order chi connectivity index (χ1) is 7.02. The smallest absolute Gasteiger partial charge is 0.311 e. The van der Waals surface area contributed by atoms with Gasteiger partial charge in [-0.05, 0) is 20.8 Å². The number of ether oxygens (including phenoxy) is 1. The molecular formula is C10H16N2O2S. The maximum atomic E-state index is 11.4. The van der Waals surface area contributed by atoms with Crippen LogP contribution in [0.2, 0.25) is 0 Å². The molecule has 0 unspecified atom stereocenters. The van der Waals surface area contributed by atoms with Gasteiger partial charge in [-0.25, -0.2) is 4.98 Å². The Hall–Kier alpha value is -0.940. The van der Waals surface area contributed by atoms with Gasteiger partial charge in [-0.3, -0.25) is 4.79 Å². The molecule has 84 valence electrons. The molecule has 2 N–H and O–H groups in total. The molecule has 0 aromatic carbocycles. The predicted molar refractivity (Wildman–Crippen MR) is 59.7 cm³/mol. The van der Waals surface area contributed by atoms with Gasteiger partial charge in [-0.2, -0.15) is 0 Å². The van der Waals surface area contributed by atoms with Crippen molar-refractivity contribution in [3.05, 3.63) is 15.6 Å². The summed E-state index contributed by atoms with van der Waals surface area (Å²) in [5.74, 6) is -0.208. The standard InChI is InChI=1S/C10H16N2O2S/c1-6(2)14-10(13)4-8-7(3)12-9(5-11)15-8/h6H,4-5,11H2,1-3H3. The number of hydrogen-bond donors (Lipinski definition) is 1. The molecule has 0 saturated carbocycles. The highest BCUT2D eigenvalue weighted by molar-refractivity contribution is 7.11. The van der Waals surface area contributed by atoms with E-state index in [-0.39, 0.29) is 12.1 Å². The van der Waals surface area contributed by atoms with Gasteiger partial charge in [0.2, 0.25) is 0 Å². The lowest BCUT2D eigenvalue weighted by molar-refractivity contribution is -0.146. The number of carbonyl (C=O) groups excluding carboxylic acids is 1. The quantitative estimate of drug-likeness (QED) is 0.791. The van der Waals surface area contributed by atoms with E-state index in [1.807, 2.05) is 20.8 Å². The molecule has 1 heterocycles. The van der Waals surface area contributed by atoms with Gasteiger partial charge < -0.3 is 10.5 Å². The van der Waals surface area contributed by atoms with E-state index in [4.69, 9.17) is 10.5 Å². The van der Waals surface area contributed by atoms with Crippen molar-refractivity contribution >= 4 is 17.3 Å². The van der Waals surface area contributed by atoms with Gasteiger partial charge in [-0.15, -0.1) is 11.3 Å². The van der Waals surface area contributed by atoms with Gasteiger partial charge in [0.15, 0.2) is 0 Å². The predicted octanol–water partition coefficient (Wildman–Crippen LogP) is 1.40. The molecule has 0 spiro atoms. The molecule has 5 heteroatoms. The fourth-order valence-electron chi connectivity index (χ4n) is 1.18. The molecule has 15 heavy (non-hydrogen) atoms. The zero-order chi connectivity index (χ0) is 11.4. The zero-order valence-corrected chi connectivity index (χ0v) is 10.1. The van der Waals surface area contributed by atoms with Crippen molar-refractivity contribution in [2.45, 2.75) is 39.8 Å². The molecule has 0 atom stereocenters. The van der Waals surface area contributed by atoms with Crippen molar-refractivity contribution in [1.82, 2.24) is 4.98 Å². The van der Waals surface area contributed by atoms with Crippen molar-refractivity contribution in [2.75, 3.05) is 0 Å². The Morgan fingerprint density at radius 3 is 2.73 bits per heavy atom. The lowest BCUT2D eigenvalue weighted by Crippen LogP contribution is -2.13. The van der Waals surface area contributed by atoms with Crippen LogP contribution in [0.5, 0.6) is 0 Å². The highest BCUT2D eigenvalue weighted by Crippen LogP contribution is 2.18. The highest BCUT2D eigenvalue weighted by Gasteiger charge is 2.12. The molecule has 1 rings (SSSR count). The van der Waals surface area contributed by atoms with Gasteiger partial charge >= 0.3 is 5.97 Å². The first-order valence-corrected chi connectivity index (χ1v) is 5.69. The Bertz CT molecular complexity index is 347. The van der Waals surface area contributed by atoms with Crippen LogP contribution in [0.15, 0.2) is 0 Å². The van der Waals surface area contributed by atoms with Crippen LogP contribution in [0.3, 0.4) is 0 Å². The third-order valence-electron chi connectivity index (χ3n) is 1.78. The summed E-state index contributed by atoms with van der Waals surface area (Å²) in [6, 6.07) is 0. The molecule has 4 nitrogen and oxygen atoms in total. The van der Waals surface area contributed by atoms with Crippen LogP contribution in [-0.4, -0.2) is 17.1 Å². The molecular weight excluding hydrogens is 212 g/mol. The van der Waals surface area contributed by atoms with Crippen molar-refractivity contribution in [3.63, 3.8) is 0 Å². The third kappa shape index (κ3) is 3.60. The number of esters is 1. The van der Waals surface area contributed by atoms with Crippen LogP contribution >= 0.6 is 11.3 Å². The Labute approximate surface area is 93.5 Å². The van der Waals surface area contributed by atoms with Crippen molar-refractivity contribution < 1.29 is 9.53 Å². The monoisotopic (exact) mass is 228 g/mol. The number of hydrogen-bond acceptors (Lipinski definition) is 5. The molecule has 0 amide bonds. The van der Waals surface area contributed by atoms with Crippen LogP contribution < -0.4 is 5.73 Å². The lowest BCUT2D eigenvalue weighted by Gasteiger charge is -2.06. The van der Waals surface area contributed by atoms with Crippen LogP contribution in [-0.2, 0) is 22.5 Å². The SMILES string of the molecule is Cc1nc(CN)sc1CC(=O)OC(C)C. The van der Waals surface area contributed by atoms with Crippen LogP contribution in [0, 0.1) is 6.92 Å². The van der Waals surface area contributed by atoms with Crippen molar-refractivity contribution in [1.29, 1.82) is 0 Å². The number of aromatic nitrogens is 1. The normalized spacial score (nSPS) is 10.7. The summed E-state index contributed by atoms with van der Waals surface area (Å²) in [5.41, 5.74) is 6.35. The second-order valence-electron chi connectivity index (χ2n) is 3.54. The minimum atomic E-state index is -0.208. The first kappa shape index (κ1) is 12.1. The second-order valence-corrected chi connectivity index (χ2v) is 4.70. The minimum absolute atomic E-state index is 0.0697. The maximum absolute atomic E-state index is 11.4. The van der Waals surface area contributed by atoms with E-state index in [1.54, 1.807) is 0 Å². The van der Waals surface area contributed by atoms with E-state index in [0.29, 0.717) is 13.0 Å². The molecule has 0 aliphatic rings. The van der Waals surface area contributed by atoms with Gasteiger partial charge in [0.25, 0.3) is 0 Å². The number of aryl methyl sites for hydroxylation is 1. The Morgan fingerprint density at radius 2 is 2.27 bits per heavy atom. The average molecular weight is 228 g/mol. The largest absolute Gasteiger partial charge is 0.463 e. The molecule has 0 aliphatic carbocycles. The Kier molecular flexibility index (Phi) is 4.23. The van der Waals surface area contributed by atoms with Crippen molar-refractivity contribution in [3.8, 4) is 0 Å². The third-order valence-corrected chi connectivity index (χ3v) is 2.96. The highest BCUT2D eigenvalue weighted by atomic mass is 32.1. The van der Waals surface area contributed by atoms with Gasteiger partial charge in [-0.1, -0.05) is 0 Å². The molecule has 0 saturated heterocycles. The number of nitrogens with two attached hydrogens (primary N) is 1. The number of thiazole rings is 1. The number of rotatable bonds is 4. The molecule has 0 radical (unpaired) electrons. The fourth-order valence-corrected chi connectivity index (χ4v) is 2.11. The van der Waals surface area contributed by atoms with E-state index in [2.05, 4.69) is 4.98 Å². The van der Waals surface area contributed by atoms with E-state index in [9.17, 15) is 4.79 Å². The van der Waals surface area contributed by atoms with E-state index < -0.39 is 0 Å². The summed E-state index contributed by atoms with van der Waals surface area (Å²) in [5, 5.41) is 0.861. The molecule has 0 aliphatic heterocycles. The average Bonchev–Trinajstić information content (AvgIpc) is 2.46. The first-order valence-electron chi connectivity index (χ1n) is 4.87.